The molecule has 2 atom stereocenters. The van der Waals surface area contributed by atoms with Gasteiger partial charge in [-0.25, -0.2) is 8.42 Å². The van der Waals surface area contributed by atoms with Gasteiger partial charge in [0.1, 0.15) is 16.7 Å². The Morgan fingerprint density at radius 3 is 2.73 bits per heavy atom. The van der Waals surface area contributed by atoms with E-state index in [-0.39, 0.29) is 29.5 Å². The maximum absolute atomic E-state index is 13.7. The summed E-state index contributed by atoms with van der Waals surface area (Å²) in [6.07, 6.45) is 5.48. The molecule has 3 heterocycles. The largest absolute Gasteiger partial charge is 0.487 e. The summed E-state index contributed by atoms with van der Waals surface area (Å²) >= 11 is 0. The maximum Gasteiger partial charge on any atom is 0.247 e. The predicted octanol–water partition coefficient (Wildman–Crippen LogP) is 2.82. The van der Waals surface area contributed by atoms with E-state index in [1.165, 1.54) is 0 Å². The SMILES string of the molecule is CCCC(=O)N1CC[C@@H]2Oc3ccccc3S(=O)(=O)N(Cc3cccnc3)[C@H]2CC1. The number of aromatic nitrogens is 1. The van der Waals surface area contributed by atoms with Gasteiger partial charge in [0.2, 0.25) is 15.9 Å². The molecule has 4 rings (SSSR count). The van der Waals surface area contributed by atoms with E-state index in [0.717, 1.165) is 12.0 Å². The molecule has 0 saturated carbocycles. The second-order valence-electron chi connectivity index (χ2n) is 7.79. The molecule has 0 bridgehead atoms. The van der Waals surface area contributed by atoms with Crippen LogP contribution in [0.5, 0.6) is 5.75 Å². The number of para-hydroxylation sites is 1. The number of nitrogens with zero attached hydrogens (tertiary/aromatic N) is 3. The Bertz CT molecular complexity index is 996. The highest BCUT2D eigenvalue weighted by Gasteiger charge is 2.43. The zero-order chi connectivity index (χ0) is 21.1. The van der Waals surface area contributed by atoms with Crippen LogP contribution in [0.1, 0.15) is 38.2 Å². The van der Waals surface area contributed by atoms with Crippen molar-refractivity contribution in [3.63, 3.8) is 0 Å². The summed E-state index contributed by atoms with van der Waals surface area (Å²) in [5, 5.41) is 0. The lowest BCUT2D eigenvalue weighted by Crippen LogP contribution is -2.46. The van der Waals surface area contributed by atoms with Gasteiger partial charge in [0, 0.05) is 44.9 Å². The number of amides is 1. The van der Waals surface area contributed by atoms with Gasteiger partial charge < -0.3 is 9.64 Å². The van der Waals surface area contributed by atoms with E-state index in [1.54, 1.807) is 47.0 Å². The van der Waals surface area contributed by atoms with Crippen LogP contribution in [0.3, 0.4) is 0 Å². The van der Waals surface area contributed by atoms with Gasteiger partial charge in [-0.2, -0.15) is 4.31 Å². The van der Waals surface area contributed by atoms with Crippen molar-refractivity contribution in [1.29, 1.82) is 0 Å². The number of likely N-dealkylation sites (tertiary alicyclic amines) is 1. The first-order valence-electron chi connectivity index (χ1n) is 10.4. The Morgan fingerprint density at radius 1 is 1.17 bits per heavy atom. The highest BCUT2D eigenvalue weighted by atomic mass is 32.2. The third-order valence-electron chi connectivity index (χ3n) is 5.77. The Morgan fingerprint density at radius 2 is 1.97 bits per heavy atom. The first-order chi connectivity index (χ1) is 14.5. The molecule has 2 aromatic rings. The number of carbonyl (C=O) groups is 1. The second-order valence-corrected chi connectivity index (χ2v) is 9.65. The van der Waals surface area contributed by atoms with Gasteiger partial charge >= 0.3 is 0 Å². The number of rotatable bonds is 4. The van der Waals surface area contributed by atoms with E-state index < -0.39 is 10.0 Å². The number of pyridine rings is 1. The summed E-state index contributed by atoms with van der Waals surface area (Å²) in [5.41, 5.74) is 0.822. The normalized spacial score (nSPS) is 23.4. The Kier molecular flexibility index (Phi) is 6.06. The fourth-order valence-electron chi connectivity index (χ4n) is 4.25. The van der Waals surface area contributed by atoms with Crippen LogP contribution in [0.4, 0.5) is 0 Å². The number of carbonyl (C=O) groups excluding carboxylic acids is 1. The van der Waals surface area contributed by atoms with E-state index in [0.29, 0.717) is 38.1 Å². The molecule has 0 spiro atoms. The first kappa shape index (κ1) is 20.8. The number of sulfonamides is 1. The molecule has 0 unspecified atom stereocenters. The lowest BCUT2D eigenvalue weighted by atomic mass is 10.1. The molecule has 160 valence electrons. The predicted molar refractivity (Wildman–Crippen MR) is 112 cm³/mol. The zero-order valence-electron chi connectivity index (χ0n) is 17.1. The molecular formula is C22H27N3O4S. The summed E-state index contributed by atoms with van der Waals surface area (Å²) in [7, 11) is -3.77. The number of benzene rings is 1. The van der Waals surface area contributed by atoms with Gasteiger partial charge in [0.15, 0.2) is 0 Å². The van der Waals surface area contributed by atoms with Crippen LogP contribution < -0.4 is 4.74 Å². The van der Waals surface area contributed by atoms with Crippen molar-refractivity contribution in [3.8, 4) is 5.75 Å². The topological polar surface area (TPSA) is 79.8 Å². The third kappa shape index (κ3) is 4.06. The molecule has 8 heteroatoms. The van der Waals surface area contributed by atoms with E-state index in [9.17, 15) is 13.2 Å². The monoisotopic (exact) mass is 429 g/mol. The van der Waals surface area contributed by atoms with E-state index in [2.05, 4.69) is 4.98 Å². The minimum atomic E-state index is -3.77. The van der Waals surface area contributed by atoms with Crippen molar-refractivity contribution in [2.24, 2.45) is 0 Å². The van der Waals surface area contributed by atoms with Crippen LogP contribution >= 0.6 is 0 Å². The average molecular weight is 430 g/mol. The molecule has 1 aromatic carbocycles. The van der Waals surface area contributed by atoms with Crippen LogP contribution in [-0.2, 0) is 21.4 Å². The van der Waals surface area contributed by atoms with E-state index >= 15 is 0 Å². The molecule has 0 N–H and O–H groups in total. The molecule has 1 amide bonds. The van der Waals surface area contributed by atoms with Crippen LogP contribution in [0.15, 0.2) is 53.7 Å². The molecule has 2 aliphatic rings. The minimum absolute atomic E-state index is 0.121. The zero-order valence-corrected chi connectivity index (χ0v) is 17.9. The minimum Gasteiger partial charge on any atom is -0.487 e. The van der Waals surface area contributed by atoms with Crippen LogP contribution in [0, 0.1) is 0 Å². The molecule has 1 saturated heterocycles. The van der Waals surface area contributed by atoms with Crippen LogP contribution in [-0.4, -0.2) is 53.7 Å². The fraction of sp³-hybridized carbons (Fsp3) is 0.455. The number of hydrogen-bond donors (Lipinski definition) is 0. The molecular weight excluding hydrogens is 402 g/mol. The Hall–Kier alpha value is -2.45. The molecule has 0 radical (unpaired) electrons. The molecule has 1 fully saturated rings. The van der Waals surface area contributed by atoms with E-state index in [1.807, 2.05) is 17.9 Å². The van der Waals surface area contributed by atoms with Crippen LogP contribution in [0.25, 0.3) is 0 Å². The summed E-state index contributed by atoms with van der Waals surface area (Å²) in [5.74, 6) is 0.505. The molecule has 2 aliphatic heterocycles. The van der Waals surface area contributed by atoms with Crippen molar-refractivity contribution in [3.05, 3.63) is 54.4 Å². The summed E-state index contributed by atoms with van der Waals surface area (Å²) in [6, 6.07) is 10.1. The summed E-state index contributed by atoms with van der Waals surface area (Å²) in [6.45, 7) is 3.31. The van der Waals surface area contributed by atoms with Gasteiger partial charge in [-0.3, -0.25) is 9.78 Å². The smallest absolute Gasteiger partial charge is 0.247 e. The molecule has 7 nitrogen and oxygen atoms in total. The lowest BCUT2D eigenvalue weighted by Gasteiger charge is -2.31. The van der Waals surface area contributed by atoms with Crippen LogP contribution in [0.2, 0.25) is 0 Å². The van der Waals surface area contributed by atoms with Crippen molar-refractivity contribution in [2.45, 2.75) is 56.2 Å². The molecule has 30 heavy (non-hydrogen) atoms. The van der Waals surface area contributed by atoms with Crippen molar-refractivity contribution in [1.82, 2.24) is 14.2 Å². The van der Waals surface area contributed by atoms with E-state index in [4.69, 9.17) is 4.74 Å². The fourth-order valence-corrected chi connectivity index (χ4v) is 6.04. The van der Waals surface area contributed by atoms with Gasteiger partial charge in [-0.1, -0.05) is 25.1 Å². The lowest BCUT2D eigenvalue weighted by molar-refractivity contribution is -0.131. The summed E-state index contributed by atoms with van der Waals surface area (Å²) in [4.78, 5) is 18.7. The molecule has 0 aliphatic carbocycles. The summed E-state index contributed by atoms with van der Waals surface area (Å²) < 4.78 is 35.1. The van der Waals surface area contributed by atoms with Crippen molar-refractivity contribution in [2.75, 3.05) is 13.1 Å². The van der Waals surface area contributed by atoms with Crippen molar-refractivity contribution < 1.29 is 17.9 Å². The maximum atomic E-state index is 13.7. The van der Waals surface area contributed by atoms with Gasteiger partial charge in [0.05, 0.1) is 6.04 Å². The van der Waals surface area contributed by atoms with Gasteiger partial charge in [0.25, 0.3) is 0 Å². The quantitative estimate of drug-likeness (QED) is 0.747. The number of fused-ring (bicyclic) bond motifs is 2. The molecule has 1 aromatic heterocycles. The van der Waals surface area contributed by atoms with Crippen molar-refractivity contribution >= 4 is 15.9 Å². The second kappa shape index (κ2) is 8.73. The Labute approximate surface area is 177 Å². The third-order valence-corrected chi connectivity index (χ3v) is 7.68. The number of ether oxygens (including phenoxy) is 1. The average Bonchev–Trinajstić information content (AvgIpc) is 2.99. The highest BCUT2D eigenvalue weighted by molar-refractivity contribution is 7.89. The highest BCUT2D eigenvalue weighted by Crippen LogP contribution is 2.37. The van der Waals surface area contributed by atoms with Gasteiger partial charge in [-0.05, 0) is 36.6 Å². The standard InChI is InChI=1S/C22H27N3O4S/c1-2-6-22(26)24-13-10-18-19(11-14-24)29-20-8-3-4-9-21(20)30(27,28)25(18)16-17-7-5-12-23-15-17/h3-5,7-9,12,15,18-19H,2,6,10-11,13-14,16H2,1H3/t18-,19-/m0/s1. The first-order valence-corrected chi connectivity index (χ1v) is 11.9. The number of hydrogen-bond acceptors (Lipinski definition) is 5. The van der Waals surface area contributed by atoms with Gasteiger partial charge in [-0.15, -0.1) is 0 Å². The Balaban J connectivity index is 1.72.